The second kappa shape index (κ2) is 5.92. The van der Waals surface area contributed by atoms with Gasteiger partial charge in [0.05, 0.1) is 18.0 Å². The van der Waals surface area contributed by atoms with Gasteiger partial charge >= 0.3 is 0 Å². The predicted octanol–water partition coefficient (Wildman–Crippen LogP) is 2.71. The van der Waals surface area contributed by atoms with Crippen LogP contribution >= 0.6 is 0 Å². The molecule has 110 valence electrons. The molecule has 1 unspecified atom stereocenters. The third kappa shape index (κ3) is 3.01. The molecule has 1 aromatic rings. The first-order valence-electron chi connectivity index (χ1n) is 7.79. The van der Waals surface area contributed by atoms with Gasteiger partial charge in [-0.05, 0) is 37.8 Å². The third-order valence-corrected chi connectivity index (χ3v) is 4.17. The Kier molecular flexibility index (Phi) is 4.01. The number of rotatable bonds is 6. The van der Waals surface area contributed by atoms with E-state index in [2.05, 4.69) is 17.1 Å². The number of nitrogens with zero attached hydrogens (tertiary/aromatic N) is 1. The number of ether oxygens (including phenoxy) is 1. The fourth-order valence-electron chi connectivity index (χ4n) is 2.90. The van der Waals surface area contributed by atoms with E-state index >= 15 is 0 Å². The largest absolute Gasteiger partial charge is 0.491 e. The summed E-state index contributed by atoms with van der Waals surface area (Å²) < 4.78 is 5.69. The van der Waals surface area contributed by atoms with Gasteiger partial charge < -0.3 is 15.8 Å². The van der Waals surface area contributed by atoms with E-state index in [4.69, 9.17) is 10.5 Å². The fourth-order valence-corrected chi connectivity index (χ4v) is 2.90. The summed E-state index contributed by atoms with van der Waals surface area (Å²) in [5.41, 5.74) is 7.96. The summed E-state index contributed by atoms with van der Waals surface area (Å²) in [5.74, 6) is 0.800. The van der Waals surface area contributed by atoms with E-state index in [9.17, 15) is 0 Å². The molecule has 0 radical (unpaired) electrons. The lowest BCUT2D eigenvalue weighted by molar-refractivity contribution is 0.319. The zero-order valence-electron chi connectivity index (χ0n) is 12.3. The van der Waals surface area contributed by atoms with Crippen molar-refractivity contribution in [3.8, 4) is 5.75 Å². The molecular weight excluding hydrogens is 250 g/mol. The molecular formula is C16H25N3O. The van der Waals surface area contributed by atoms with Crippen molar-refractivity contribution in [2.24, 2.45) is 0 Å². The van der Waals surface area contributed by atoms with Gasteiger partial charge in [0.15, 0.2) is 0 Å². The van der Waals surface area contributed by atoms with Crippen LogP contribution in [0, 0.1) is 0 Å². The van der Waals surface area contributed by atoms with Crippen molar-refractivity contribution >= 4 is 11.4 Å². The Bertz CT molecular complexity index is 459. The lowest BCUT2D eigenvalue weighted by Crippen LogP contribution is -2.28. The minimum Gasteiger partial charge on any atom is -0.491 e. The first kappa shape index (κ1) is 13.6. The van der Waals surface area contributed by atoms with Gasteiger partial charge in [0, 0.05) is 25.2 Å². The SMILES string of the molecule is CCCOc1cccc(NC2CCN(C3CC3)C2)c1N. The van der Waals surface area contributed by atoms with Crippen molar-refractivity contribution in [3.05, 3.63) is 18.2 Å². The molecule has 1 aliphatic carbocycles. The fraction of sp³-hybridized carbons (Fsp3) is 0.625. The number of hydrogen-bond donors (Lipinski definition) is 2. The van der Waals surface area contributed by atoms with Crippen LogP contribution in [0.1, 0.15) is 32.6 Å². The van der Waals surface area contributed by atoms with Crippen LogP contribution in [0.3, 0.4) is 0 Å². The Labute approximate surface area is 121 Å². The van der Waals surface area contributed by atoms with E-state index in [1.54, 1.807) is 0 Å². The van der Waals surface area contributed by atoms with Crippen LogP contribution < -0.4 is 15.8 Å². The average Bonchev–Trinajstić information content (AvgIpc) is 3.20. The molecule has 0 spiro atoms. The molecule has 0 amide bonds. The van der Waals surface area contributed by atoms with Gasteiger partial charge in [-0.1, -0.05) is 13.0 Å². The zero-order chi connectivity index (χ0) is 13.9. The summed E-state index contributed by atoms with van der Waals surface area (Å²) in [6, 6.07) is 7.38. The summed E-state index contributed by atoms with van der Waals surface area (Å²) in [6.07, 6.45) is 4.97. The maximum atomic E-state index is 6.21. The molecule has 0 aromatic heterocycles. The van der Waals surface area contributed by atoms with Gasteiger partial charge in [-0.3, -0.25) is 4.90 Å². The molecule has 3 rings (SSSR count). The quantitative estimate of drug-likeness (QED) is 0.784. The predicted molar refractivity (Wildman–Crippen MR) is 83.3 cm³/mol. The molecule has 4 heteroatoms. The molecule has 1 aliphatic heterocycles. The molecule has 4 nitrogen and oxygen atoms in total. The van der Waals surface area contributed by atoms with Crippen LogP contribution in [0.15, 0.2) is 18.2 Å². The third-order valence-electron chi connectivity index (χ3n) is 4.17. The first-order chi connectivity index (χ1) is 9.78. The molecule has 1 saturated heterocycles. The monoisotopic (exact) mass is 275 g/mol. The highest BCUT2D eigenvalue weighted by molar-refractivity contribution is 5.73. The molecule has 2 fully saturated rings. The Hall–Kier alpha value is -1.42. The highest BCUT2D eigenvalue weighted by Crippen LogP contribution is 2.33. The van der Waals surface area contributed by atoms with Gasteiger partial charge in [0.1, 0.15) is 5.75 Å². The molecule has 2 aliphatic rings. The van der Waals surface area contributed by atoms with Crippen LogP contribution in [0.2, 0.25) is 0 Å². The maximum Gasteiger partial charge on any atom is 0.144 e. The van der Waals surface area contributed by atoms with E-state index in [1.165, 1.54) is 25.8 Å². The number of anilines is 2. The van der Waals surface area contributed by atoms with E-state index in [1.807, 2.05) is 18.2 Å². The molecule has 1 saturated carbocycles. The van der Waals surface area contributed by atoms with Crippen LogP contribution in [0.25, 0.3) is 0 Å². The van der Waals surface area contributed by atoms with Gasteiger partial charge in [0.25, 0.3) is 0 Å². The number of benzene rings is 1. The summed E-state index contributed by atoms with van der Waals surface area (Å²) >= 11 is 0. The van der Waals surface area contributed by atoms with Crippen LogP contribution in [0.4, 0.5) is 11.4 Å². The minimum absolute atomic E-state index is 0.513. The number of nitrogen functional groups attached to an aromatic ring is 1. The highest BCUT2D eigenvalue weighted by atomic mass is 16.5. The van der Waals surface area contributed by atoms with Crippen molar-refractivity contribution in [2.75, 3.05) is 30.7 Å². The number of nitrogens with two attached hydrogens (primary N) is 1. The lowest BCUT2D eigenvalue weighted by atomic mass is 10.2. The van der Waals surface area contributed by atoms with Gasteiger partial charge in [-0.15, -0.1) is 0 Å². The van der Waals surface area contributed by atoms with E-state index in [0.717, 1.165) is 36.1 Å². The molecule has 3 N–H and O–H groups in total. The van der Waals surface area contributed by atoms with Gasteiger partial charge in [-0.25, -0.2) is 0 Å². The summed E-state index contributed by atoms with van der Waals surface area (Å²) in [7, 11) is 0. The van der Waals surface area contributed by atoms with Crippen molar-refractivity contribution in [3.63, 3.8) is 0 Å². The smallest absolute Gasteiger partial charge is 0.144 e. The molecule has 20 heavy (non-hydrogen) atoms. The summed E-state index contributed by atoms with van der Waals surface area (Å²) in [4.78, 5) is 2.60. The van der Waals surface area contributed by atoms with Gasteiger partial charge in [0.2, 0.25) is 0 Å². The molecule has 1 atom stereocenters. The van der Waals surface area contributed by atoms with Crippen LogP contribution in [-0.2, 0) is 0 Å². The van der Waals surface area contributed by atoms with E-state index in [-0.39, 0.29) is 0 Å². The van der Waals surface area contributed by atoms with E-state index < -0.39 is 0 Å². The average molecular weight is 275 g/mol. The standard InChI is InChI=1S/C16H25N3O/c1-2-10-20-15-5-3-4-14(16(15)17)18-12-8-9-19(11-12)13-6-7-13/h3-5,12-13,18H,2,6-11,17H2,1H3. The first-order valence-corrected chi connectivity index (χ1v) is 7.79. The normalized spacial score (nSPS) is 22.9. The Morgan fingerprint density at radius 2 is 2.20 bits per heavy atom. The summed E-state index contributed by atoms with van der Waals surface area (Å²) in [6.45, 7) is 5.17. The molecule has 0 bridgehead atoms. The maximum absolute atomic E-state index is 6.21. The van der Waals surface area contributed by atoms with Gasteiger partial charge in [-0.2, -0.15) is 0 Å². The topological polar surface area (TPSA) is 50.5 Å². The number of nitrogens with one attached hydrogen (secondary N) is 1. The number of likely N-dealkylation sites (tertiary alicyclic amines) is 1. The molecule has 1 aromatic carbocycles. The molecule has 1 heterocycles. The highest BCUT2D eigenvalue weighted by Gasteiger charge is 2.34. The second-order valence-electron chi connectivity index (χ2n) is 5.92. The van der Waals surface area contributed by atoms with Crippen molar-refractivity contribution in [1.82, 2.24) is 4.90 Å². The Balaban J connectivity index is 1.62. The number of para-hydroxylation sites is 1. The van der Waals surface area contributed by atoms with Crippen molar-refractivity contribution in [2.45, 2.75) is 44.7 Å². The van der Waals surface area contributed by atoms with Crippen molar-refractivity contribution < 1.29 is 4.74 Å². The van der Waals surface area contributed by atoms with Crippen molar-refractivity contribution in [1.29, 1.82) is 0 Å². The minimum atomic E-state index is 0.513. The second-order valence-corrected chi connectivity index (χ2v) is 5.92. The Morgan fingerprint density at radius 1 is 1.35 bits per heavy atom. The zero-order valence-corrected chi connectivity index (χ0v) is 12.3. The number of hydrogen-bond acceptors (Lipinski definition) is 4. The van der Waals surface area contributed by atoms with Crippen LogP contribution in [-0.4, -0.2) is 36.7 Å². The lowest BCUT2D eigenvalue weighted by Gasteiger charge is -2.19. The Morgan fingerprint density at radius 3 is 2.95 bits per heavy atom. The summed E-state index contributed by atoms with van der Waals surface area (Å²) in [5, 5.41) is 3.59. The van der Waals surface area contributed by atoms with E-state index in [0.29, 0.717) is 12.6 Å². The van der Waals surface area contributed by atoms with Crippen LogP contribution in [0.5, 0.6) is 5.75 Å².